The number of rotatable bonds is 5. The topological polar surface area (TPSA) is 84.3 Å². The Kier molecular flexibility index (Phi) is 6.18. The quantitative estimate of drug-likeness (QED) is 0.632. The summed E-state index contributed by atoms with van der Waals surface area (Å²) in [6.45, 7) is 1.13. The average Bonchev–Trinajstić information content (AvgIpc) is 3.64. The van der Waals surface area contributed by atoms with Gasteiger partial charge in [0.25, 0.3) is 17.4 Å². The summed E-state index contributed by atoms with van der Waals surface area (Å²) in [4.78, 5) is 44.7. The van der Waals surface area contributed by atoms with Gasteiger partial charge in [-0.1, -0.05) is 25.0 Å². The third-order valence-corrected chi connectivity index (χ3v) is 6.71. The average molecular weight is 459 g/mol. The molecule has 1 N–H and O–H groups in total. The van der Waals surface area contributed by atoms with E-state index in [4.69, 9.17) is 4.98 Å². The number of amides is 2. The Hall–Kier alpha value is -3.48. The molecule has 0 unspecified atom stereocenters. The Balaban J connectivity index is 1.32. The first-order valence-corrected chi connectivity index (χ1v) is 12.2. The highest BCUT2D eigenvalue weighted by Gasteiger charge is 2.23. The van der Waals surface area contributed by atoms with Gasteiger partial charge in [-0.3, -0.25) is 19.0 Å². The number of benzene rings is 2. The first kappa shape index (κ1) is 22.3. The Bertz CT molecular complexity index is 1290. The minimum absolute atomic E-state index is 0.0138. The number of hydrogen-bond donors (Lipinski definition) is 1. The lowest BCUT2D eigenvalue weighted by molar-refractivity contribution is 0.0784. The molecule has 2 aromatic carbocycles. The zero-order valence-corrected chi connectivity index (χ0v) is 19.5. The van der Waals surface area contributed by atoms with E-state index in [1.807, 2.05) is 16.7 Å². The number of fused-ring (bicyclic) bond motifs is 2. The van der Waals surface area contributed by atoms with Crippen molar-refractivity contribution in [3.8, 4) is 0 Å². The Morgan fingerprint density at radius 1 is 1.03 bits per heavy atom. The van der Waals surface area contributed by atoms with Crippen molar-refractivity contribution in [2.45, 2.75) is 64.1 Å². The van der Waals surface area contributed by atoms with E-state index < -0.39 is 0 Å². The number of aromatic nitrogens is 2. The van der Waals surface area contributed by atoms with E-state index in [0.29, 0.717) is 41.2 Å². The first-order chi connectivity index (χ1) is 16.5. The fourth-order valence-electron chi connectivity index (χ4n) is 4.55. The maximum atomic E-state index is 13.1. The fraction of sp³-hybridized carbons (Fsp3) is 0.407. The molecule has 1 aromatic heterocycles. The van der Waals surface area contributed by atoms with Crippen molar-refractivity contribution in [3.63, 3.8) is 0 Å². The number of hydrogen-bond acceptors (Lipinski definition) is 4. The van der Waals surface area contributed by atoms with E-state index in [1.54, 1.807) is 42.3 Å². The predicted molar refractivity (Wildman–Crippen MR) is 131 cm³/mol. The summed E-state index contributed by atoms with van der Waals surface area (Å²) in [5.74, 6) is 0.638. The first-order valence-electron chi connectivity index (χ1n) is 12.2. The van der Waals surface area contributed by atoms with Crippen LogP contribution in [0.2, 0.25) is 0 Å². The summed E-state index contributed by atoms with van der Waals surface area (Å²) in [6, 6.07) is 12.9. The van der Waals surface area contributed by atoms with Gasteiger partial charge in [-0.25, -0.2) is 4.98 Å². The summed E-state index contributed by atoms with van der Waals surface area (Å²) in [5.41, 5.74) is 2.66. The predicted octanol–water partition coefficient (Wildman–Crippen LogP) is 3.68. The van der Waals surface area contributed by atoms with Crippen molar-refractivity contribution in [1.82, 2.24) is 19.8 Å². The molecule has 176 valence electrons. The molecule has 2 amide bonds. The highest BCUT2D eigenvalue weighted by atomic mass is 16.2. The molecule has 0 radical (unpaired) electrons. The molecule has 3 aromatic rings. The van der Waals surface area contributed by atoms with Gasteiger partial charge in [-0.15, -0.1) is 0 Å². The maximum Gasteiger partial charge on any atom is 0.261 e. The SMILES string of the molecule is CN(Cc1ccc(C(=O)NC2CC2)cc1)C(=O)c1ccc2c(=O)n3c(nc2c1)CCCCCC3. The fourth-order valence-corrected chi connectivity index (χ4v) is 4.55. The van der Waals surface area contributed by atoms with Crippen molar-refractivity contribution >= 4 is 22.7 Å². The van der Waals surface area contributed by atoms with Gasteiger partial charge in [-0.05, 0) is 61.6 Å². The van der Waals surface area contributed by atoms with Gasteiger partial charge in [0.2, 0.25) is 0 Å². The Morgan fingerprint density at radius 3 is 2.53 bits per heavy atom. The number of nitrogens with zero attached hydrogens (tertiary/aromatic N) is 3. The van der Waals surface area contributed by atoms with E-state index in [2.05, 4.69) is 5.32 Å². The minimum atomic E-state index is -0.133. The van der Waals surface area contributed by atoms with Crippen LogP contribution >= 0.6 is 0 Å². The van der Waals surface area contributed by atoms with Crippen LogP contribution in [0.3, 0.4) is 0 Å². The van der Waals surface area contributed by atoms with Gasteiger partial charge in [0, 0.05) is 43.7 Å². The summed E-state index contributed by atoms with van der Waals surface area (Å²) in [7, 11) is 1.75. The molecule has 7 heteroatoms. The summed E-state index contributed by atoms with van der Waals surface area (Å²) < 4.78 is 1.81. The summed E-state index contributed by atoms with van der Waals surface area (Å²) in [5, 5.41) is 3.54. The third-order valence-electron chi connectivity index (χ3n) is 6.71. The molecular formula is C27H30N4O3. The summed E-state index contributed by atoms with van der Waals surface area (Å²) in [6.07, 6.45) is 7.21. The van der Waals surface area contributed by atoms with Gasteiger partial charge in [0.1, 0.15) is 5.82 Å². The van der Waals surface area contributed by atoms with E-state index in [9.17, 15) is 14.4 Å². The Labute approximate surface area is 198 Å². The lowest BCUT2D eigenvalue weighted by Gasteiger charge is -2.19. The van der Waals surface area contributed by atoms with Crippen LogP contribution in [-0.2, 0) is 19.5 Å². The van der Waals surface area contributed by atoms with Crippen LogP contribution in [0.25, 0.3) is 10.9 Å². The van der Waals surface area contributed by atoms with E-state index in [-0.39, 0.29) is 17.4 Å². The molecule has 2 aliphatic rings. The number of aryl methyl sites for hydroxylation is 1. The molecule has 34 heavy (non-hydrogen) atoms. The van der Waals surface area contributed by atoms with Crippen molar-refractivity contribution < 1.29 is 9.59 Å². The normalized spacial score (nSPS) is 15.8. The van der Waals surface area contributed by atoms with E-state index in [0.717, 1.165) is 56.3 Å². The highest BCUT2D eigenvalue weighted by molar-refractivity contribution is 5.97. The maximum absolute atomic E-state index is 13.1. The smallest absolute Gasteiger partial charge is 0.261 e. The van der Waals surface area contributed by atoms with Crippen LogP contribution in [0.15, 0.2) is 47.3 Å². The second-order valence-electron chi connectivity index (χ2n) is 9.49. The Morgan fingerprint density at radius 2 is 1.76 bits per heavy atom. The van der Waals surface area contributed by atoms with Crippen molar-refractivity contribution in [1.29, 1.82) is 0 Å². The zero-order chi connectivity index (χ0) is 23.7. The minimum Gasteiger partial charge on any atom is -0.349 e. The zero-order valence-electron chi connectivity index (χ0n) is 19.5. The molecule has 2 heterocycles. The van der Waals surface area contributed by atoms with Crippen molar-refractivity contribution in [2.75, 3.05) is 7.05 Å². The number of carbonyl (C=O) groups is 2. The van der Waals surface area contributed by atoms with Gasteiger partial charge in [0.15, 0.2) is 0 Å². The lowest BCUT2D eigenvalue weighted by atomic mass is 10.1. The molecule has 1 aliphatic heterocycles. The largest absolute Gasteiger partial charge is 0.349 e. The van der Waals surface area contributed by atoms with Gasteiger partial charge in [-0.2, -0.15) is 0 Å². The molecule has 1 fully saturated rings. The van der Waals surface area contributed by atoms with Gasteiger partial charge in [0.05, 0.1) is 10.9 Å². The van der Waals surface area contributed by atoms with Crippen LogP contribution in [0.5, 0.6) is 0 Å². The lowest BCUT2D eigenvalue weighted by Crippen LogP contribution is -2.28. The molecular weight excluding hydrogens is 428 g/mol. The van der Waals surface area contributed by atoms with Crippen LogP contribution in [0, 0.1) is 0 Å². The van der Waals surface area contributed by atoms with Crippen molar-refractivity contribution in [2.24, 2.45) is 0 Å². The molecule has 0 saturated heterocycles. The third kappa shape index (κ3) is 4.74. The van der Waals surface area contributed by atoms with E-state index in [1.165, 1.54) is 0 Å². The van der Waals surface area contributed by atoms with Crippen LogP contribution in [-0.4, -0.2) is 39.4 Å². The molecule has 1 aliphatic carbocycles. The molecule has 0 bridgehead atoms. The molecule has 5 rings (SSSR count). The standard InChI is InChI=1S/C27H30N4O3/c1-30(17-18-7-9-19(10-8-18)25(32)28-21-12-13-21)26(33)20-11-14-22-23(16-20)29-24-6-4-2-3-5-15-31(24)27(22)34/h7-11,14,16,21H,2-6,12-13,15,17H2,1H3,(H,28,32). The second-order valence-corrected chi connectivity index (χ2v) is 9.49. The van der Waals surface area contributed by atoms with Crippen LogP contribution < -0.4 is 10.9 Å². The highest BCUT2D eigenvalue weighted by Crippen LogP contribution is 2.20. The molecule has 1 saturated carbocycles. The van der Waals surface area contributed by atoms with Gasteiger partial charge >= 0.3 is 0 Å². The molecule has 7 nitrogen and oxygen atoms in total. The molecule has 0 atom stereocenters. The van der Waals surface area contributed by atoms with Crippen LogP contribution in [0.1, 0.15) is 70.6 Å². The molecule has 0 spiro atoms. The van der Waals surface area contributed by atoms with Crippen molar-refractivity contribution in [3.05, 3.63) is 75.3 Å². The van der Waals surface area contributed by atoms with Gasteiger partial charge < -0.3 is 10.2 Å². The number of nitrogens with one attached hydrogen (secondary N) is 1. The van der Waals surface area contributed by atoms with E-state index >= 15 is 0 Å². The van der Waals surface area contributed by atoms with Crippen LogP contribution in [0.4, 0.5) is 0 Å². The second kappa shape index (κ2) is 9.41. The summed E-state index contributed by atoms with van der Waals surface area (Å²) >= 11 is 0. The monoisotopic (exact) mass is 458 g/mol. The number of carbonyl (C=O) groups excluding carboxylic acids is 2.